The van der Waals surface area contributed by atoms with Crippen molar-refractivity contribution in [1.82, 2.24) is 10.2 Å². The average molecular weight is 461 g/mol. The first kappa shape index (κ1) is 23.1. The molecular weight excluding hydrogens is 432 g/mol. The van der Waals surface area contributed by atoms with E-state index in [1.54, 1.807) is 0 Å². The van der Waals surface area contributed by atoms with Crippen LogP contribution in [-0.4, -0.2) is 37.2 Å². The highest BCUT2D eigenvalue weighted by atomic mass is 35.5. The molecule has 0 atom stereocenters. The lowest BCUT2D eigenvalue weighted by Crippen LogP contribution is -2.38. The molecule has 1 aliphatic carbocycles. The quantitative estimate of drug-likeness (QED) is 0.441. The molecule has 170 valence electrons. The number of halogens is 1. The topological polar surface area (TPSA) is 68.5 Å². The lowest BCUT2D eigenvalue weighted by molar-refractivity contribution is 0.0713. The minimum absolute atomic E-state index is 0.0405. The molecule has 5 nitrogen and oxygen atoms in total. The number of piperidine rings is 1. The van der Waals surface area contributed by atoms with E-state index >= 15 is 0 Å². The predicted molar refractivity (Wildman–Crippen MR) is 133 cm³/mol. The zero-order chi connectivity index (χ0) is 23.4. The van der Waals surface area contributed by atoms with Crippen molar-refractivity contribution in [2.45, 2.75) is 38.5 Å². The molecule has 1 heterocycles. The molecule has 2 fully saturated rings. The van der Waals surface area contributed by atoms with Crippen LogP contribution in [0.15, 0.2) is 52.6 Å². The van der Waals surface area contributed by atoms with Gasteiger partial charge in [-0.1, -0.05) is 29.8 Å². The number of nitriles is 1. The Bertz CT molecular complexity index is 1100. The largest absolute Gasteiger partial charge is 0.382 e. The van der Waals surface area contributed by atoms with Crippen molar-refractivity contribution in [3.63, 3.8) is 0 Å². The van der Waals surface area contributed by atoms with Gasteiger partial charge in [0.15, 0.2) is 5.16 Å². The van der Waals surface area contributed by atoms with Crippen LogP contribution in [0.25, 0.3) is 5.70 Å². The highest BCUT2D eigenvalue weighted by Crippen LogP contribution is 2.32. The van der Waals surface area contributed by atoms with Crippen LogP contribution >= 0.6 is 11.6 Å². The predicted octanol–water partition coefficient (Wildman–Crippen LogP) is 5.45. The number of hydrogen-bond acceptors (Lipinski definition) is 4. The molecule has 1 saturated carbocycles. The number of rotatable bonds is 7. The van der Waals surface area contributed by atoms with Crippen LogP contribution in [0.4, 0.5) is 0 Å². The molecule has 0 bridgehead atoms. The van der Waals surface area contributed by atoms with Gasteiger partial charge in [-0.05, 0) is 86.6 Å². The minimum atomic E-state index is 0.0405. The molecule has 1 amide bonds. The first-order valence-corrected chi connectivity index (χ1v) is 11.9. The second kappa shape index (κ2) is 10.2. The van der Waals surface area contributed by atoms with Crippen LogP contribution in [0.1, 0.15) is 64.2 Å². The van der Waals surface area contributed by atoms with Crippen molar-refractivity contribution >= 4 is 29.9 Å². The first-order valence-electron chi connectivity index (χ1n) is 11.5. The van der Waals surface area contributed by atoms with Crippen molar-refractivity contribution in [3.05, 3.63) is 75.4 Å². The Kier molecular flexibility index (Phi) is 7.15. The van der Waals surface area contributed by atoms with Crippen molar-refractivity contribution in [2.24, 2.45) is 10.9 Å². The number of aliphatic imine (C=N–C) groups is 1. The summed E-state index contributed by atoms with van der Waals surface area (Å²) in [5.74, 6) is 1.13. The van der Waals surface area contributed by atoms with E-state index in [0.717, 1.165) is 36.2 Å². The fourth-order valence-electron chi connectivity index (χ4n) is 4.38. The van der Waals surface area contributed by atoms with Crippen LogP contribution < -0.4 is 5.32 Å². The number of carbonyl (C=O) groups excluding carboxylic acids is 1. The van der Waals surface area contributed by atoms with Gasteiger partial charge < -0.3 is 10.2 Å². The van der Waals surface area contributed by atoms with Gasteiger partial charge in [0.2, 0.25) is 0 Å². The lowest BCUT2D eigenvalue weighted by Gasteiger charge is -2.32. The normalized spacial score (nSPS) is 17.2. The van der Waals surface area contributed by atoms with Gasteiger partial charge in [-0.25, -0.2) is 0 Å². The number of carbonyl (C=O) groups is 1. The van der Waals surface area contributed by atoms with Gasteiger partial charge in [-0.3, -0.25) is 9.79 Å². The summed E-state index contributed by atoms with van der Waals surface area (Å²) in [5.41, 5.74) is 5.24. The molecule has 1 N–H and O–H groups in total. The average Bonchev–Trinajstić information content (AvgIpc) is 3.69. The second-order valence-corrected chi connectivity index (χ2v) is 9.34. The van der Waals surface area contributed by atoms with E-state index in [-0.39, 0.29) is 5.91 Å². The second-order valence-electron chi connectivity index (χ2n) is 8.98. The maximum atomic E-state index is 13.3. The lowest BCUT2D eigenvalue weighted by atomic mass is 9.88. The Morgan fingerprint density at radius 3 is 2.48 bits per heavy atom. The Morgan fingerprint density at radius 1 is 1.18 bits per heavy atom. The van der Waals surface area contributed by atoms with Crippen LogP contribution in [0.2, 0.25) is 0 Å². The van der Waals surface area contributed by atoms with Gasteiger partial charge in [0.25, 0.3) is 5.91 Å². The summed E-state index contributed by atoms with van der Waals surface area (Å²) in [5, 5.41) is 12.8. The van der Waals surface area contributed by atoms with Crippen LogP contribution in [0.5, 0.6) is 0 Å². The molecule has 4 rings (SSSR count). The van der Waals surface area contributed by atoms with Crippen molar-refractivity contribution in [1.29, 1.82) is 5.26 Å². The van der Waals surface area contributed by atoms with Crippen LogP contribution in [0, 0.1) is 24.2 Å². The van der Waals surface area contributed by atoms with Crippen molar-refractivity contribution in [3.8, 4) is 6.07 Å². The van der Waals surface area contributed by atoms with Gasteiger partial charge in [-0.2, -0.15) is 5.26 Å². The van der Waals surface area contributed by atoms with Gasteiger partial charge in [0.05, 0.1) is 17.3 Å². The van der Waals surface area contributed by atoms with Crippen LogP contribution in [0.3, 0.4) is 0 Å². The summed E-state index contributed by atoms with van der Waals surface area (Å²) in [7, 11) is 0. The summed E-state index contributed by atoms with van der Waals surface area (Å²) in [4.78, 5) is 19.2. The Balaban J connectivity index is 1.47. The van der Waals surface area contributed by atoms with E-state index in [0.29, 0.717) is 41.2 Å². The Hall–Kier alpha value is -3.10. The molecule has 1 aliphatic heterocycles. The Morgan fingerprint density at radius 2 is 1.88 bits per heavy atom. The smallest absolute Gasteiger partial charge is 0.253 e. The molecule has 2 aliphatic rings. The summed E-state index contributed by atoms with van der Waals surface area (Å²) < 4.78 is 0. The molecule has 0 radical (unpaired) electrons. The fourth-order valence-corrected chi connectivity index (χ4v) is 4.55. The highest BCUT2D eigenvalue weighted by molar-refractivity contribution is 6.32. The Labute approximate surface area is 200 Å². The monoisotopic (exact) mass is 460 g/mol. The van der Waals surface area contributed by atoms with E-state index < -0.39 is 0 Å². The van der Waals surface area contributed by atoms with E-state index in [4.69, 9.17) is 16.9 Å². The summed E-state index contributed by atoms with van der Waals surface area (Å²) in [6.45, 7) is 7.87. The fraction of sp³-hybridized carbons (Fsp3) is 0.370. The van der Waals surface area contributed by atoms with Gasteiger partial charge in [0, 0.05) is 30.8 Å². The van der Waals surface area contributed by atoms with Crippen molar-refractivity contribution < 1.29 is 4.79 Å². The SMILES string of the molecule is C=N/C(Cl)=C(\NCC1CC1)c1cc(C(=O)N2CCC(c3ccc(C#N)cc3)CC2)ccc1C. The van der Waals surface area contributed by atoms with E-state index in [2.05, 4.69) is 23.1 Å². The molecule has 1 saturated heterocycles. The third-order valence-corrected chi connectivity index (χ3v) is 6.97. The number of nitrogens with zero attached hydrogens (tertiary/aromatic N) is 3. The zero-order valence-electron chi connectivity index (χ0n) is 19.0. The summed E-state index contributed by atoms with van der Waals surface area (Å²) >= 11 is 6.39. The van der Waals surface area contributed by atoms with E-state index in [9.17, 15) is 4.79 Å². The molecule has 0 aromatic heterocycles. The third-order valence-electron chi connectivity index (χ3n) is 6.66. The highest BCUT2D eigenvalue weighted by Gasteiger charge is 2.26. The maximum Gasteiger partial charge on any atom is 0.253 e. The van der Waals surface area contributed by atoms with E-state index in [1.807, 2.05) is 54.3 Å². The van der Waals surface area contributed by atoms with E-state index in [1.165, 1.54) is 18.4 Å². The maximum absolute atomic E-state index is 13.3. The number of nitrogens with one attached hydrogen (secondary N) is 1. The number of hydrogen-bond donors (Lipinski definition) is 1. The minimum Gasteiger partial charge on any atom is -0.382 e. The molecular formula is C27H29ClN4O. The van der Waals surface area contributed by atoms with Gasteiger partial charge in [-0.15, -0.1) is 0 Å². The standard InChI is InChI=1S/C27H29ClN4O/c1-18-3-8-23(15-24(18)25(26(28)30-2)31-17-20-4-5-20)27(33)32-13-11-22(12-14-32)21-9-6-19(16-29)7-10-21/h3,6-10,15,20,22,31H,2,4-5,11-14,17H2,1H3/b26-25-. The summed E-state index contributed by atoms with van der Waals surface area (Å²) in [6, 6.07) is 15.8. The number of aryl methyl sites for hydroxylation is 1. The number of amides is 1. The summed E-state index contributed by atoms with van der Waals surface area (Å²) in [6.07, 6.45) is 4.29. The van der Waals surface area contributed by atoms with Crippen molar-refractivity contribution in [2.75, 3.05) is 19.6 Å². The first-order chi connectivity index (χ1) is 16.0. The third kappa shape index (κ3) is 5.46. The number of likely N-dealkylation sites (tertiary alicyclic amines) is 1. The molecule has 0 unspecified atom stereocenters. The molecule has 2 aromatic rings. The van der Waals surface area contributed by atoms with Gasteiger partial charge >= 0.3 is 0 Å². The van der Waals surface area contributed by atoms with Gasteiger partial charge in [0.1, 0.15) is 0 Å². The molecule has 0 spiro atoms. The van der Waals surface area contributed by atoms with Crippen LogP contribution in [-0.2, 0) is 0 Å². The molecule has 33 heavy (non-hydrogen) atoms. The number of benzene rings is 2. The molecule has 2 aromatic carbocycles. The molecule has 6 heteroatoms. The zero-order valence-corrected chi connectivity index (χ0v) is 19.7.